The summed E-state index contributed by atoms with van der Waals surface area (Å²) in [4.78, 5) is 11.4. The number of hydrogen-bond donors (Lipinski definition) is 1. The van der Waals surface area contributed by atoms with Crippen molar-refractivity contribution in [2.45, 2.75) is 4.90 Å². The van der Waals surface area contributed by atoms with E-state index < -0.39 is 21.7 Å². The third-order valence-electron chi connectivity index (χ3n) is 2.78. The molecule has 1 aromatic carbocycles. The van der Waals surface area contributed by atoms with Crippen molar-refractivity contribution >= 4 is 43.2 Å². The topological polar surface area (TPSA) is 81.7 Å². The van der Waals surface area contributed by atoms with E-state index in [0.29, 0.717) is 5.75 Å². The number of nitrogens with one attached hydrogen (secondary N) is 1. The summed E-state index contributed by atoms with van der Waals surface area (Å²) in [6.45, 7) is 0. The molecule has 2 aromatic rings. The van der Waals surface area contributed by atoms with E-state index >= 15 is 0 Å². The van der Waals surface area contributed by atoms with Crippen LogP contribution in [0.5, 0.6) is 11.5 Å². The molecule has 1 heterocycles. The van der Waals surface area contributed by atoms with Gasteiger partial charge in [-0.2, -0.15) is 0 Å². The zero-order valence-corrected chi connectivity index (χ0v) is 15.1. The number of amides is 1. The molecule has 0 aliphatic heterocycles. The minimum Gasteiger partial charge on any atom is -0.493 e. The quantitative estimate of drug-likeness (QED) is 0.799. The highest BCUT2D eigenvalue weighted by atomic mass is 79.9. The van der Waals surface area contributed by atoms with Gasteiger partial charge < -0.3 is 9.47 Å². The van der Waals surface area contributed by atoms with E-state index in [1.807, 2.05) is 4.72 Å². The lowest BCUT2D eigenvalue weighted by Gasteiger charge is -2.12. The smallest absolute Gasteiger partial charge is 0.278 e. The molecule has 23 heavy (non-hydrogen) atoms. The van der Waals surface area contributed by atoms with Crippen LogP contribution >= 0.6 is 27.3 Å². The van der Waals surface area contributed by atoms with Crippen molar-refractivity contribution in [1.29, 1.82) is 0 Å². The molecule has 0 atom stereocenters. The van der Waals surface area contributed by atoms with E-state index in [1.54, 1.807) is 0 Å². The normalized spacial score (nSPS) is 11.1. The molecule has 0 aliphatic rings. The van der Waals surface area contributed by atoms with Gasteiger partial charge in [-0.1, -0.05) is 0 Å². The van der Waals surface area contributed by atoms with Crippen molar-refractivity contribution in [3.8, 4) is 11.5 Å². The van der Waals surface area contributed by atoms with Crippen LogP contribution in [-0.2, 0) is 10.0 Å². The standard InChI is InChI=1S/C13H11BrFNO5S2/c1-20-9-5-7(14)11(6-10(9)21-2)23(18,19)16-13(17)12-8(15)3-4-22-12/h3-6H,1-2H3,(H,16,17). The fourth-order valence-corrected chi connectivity index (χ4v) is 4.44. The number of ether oxygens (including phenoxy) is 2. The number of thiophene rings is 1. The van der Waals surface area contributed by atoms with Gasteiger partial charge in [0.05, 0.1) is 14.2 Å². The maximum absolute atomic E-state index is 13.4. The molecule has 0 unspecified atom stereocenters. The Balaban J connectivity index is 2.40. The van der Waals surface area contributed by atoms with E-state index in [9.17, 15) is 17.6 Å². The van der Waals surface area contributed by atoms with E-state index in [-0.39, 0.29) is 20.0 Å². The van der Waals surface area contributed by atoms with Gasteiger partial charge in [0.2, 0.25) is 0 Å². The second kappa shape index (κ2) is 6.85. The molecule has 0 bridgehead atoms. The largest absolute Gasteiger partial charge is 0.493 e. The number of carbonyl (C=O) groups excluding carboxylic acids is 1. The molecule has 1 N–H and O–H groups in total. The van der Waals surface area contributed by atoms with Gasteiger partial charge in [-0.15, -0.1) is 11.3 Å². The maximum Gasteiger partial charge on any atom is 0.278 e. The summed E-state index contributed by atoms with van der Waals surface area (Å²) in [5.41, 5.74) is 0. The van der Waals surface area contributed by atoms with Crippen molar-refractivity contribution in [2.24, 2.45) is 0 Å². The molecule has 0 fully saturated rings. The van der Waals surface area contributed by atoms with E-state index in [2.05, 4.69) is 15.9 Å². The minimum atomic E-state index is -4.23. The molecule has 1 aromatic heterocycles. The predicted molar refractivity (Wildman–Crippen MR) is 86.2 cm³/mol. The van der Waals surface area contributed by atoms with Crippen LogP contribution in [0.3, 0.4) is 0 Å². The molecule has 124 valence electrons. The van der Waals surface area contributed by atoms with Crippen molar-refractivity contribution in [3.05, 3.63) is 38.7 Å². The van der Waals surface area contributed by atoms with Gasteiger partial charge in [0.15, 0.2) is 11.5 Å². The SMILES string of the molecule is COc1cc(Br)c(S(=O)(=O)NC(=O)c2sccc2F)cc1OC. The first-order valence-corrected chi connectivity index (χ1v) is 9.17. The van der Waals surface area contributed by atoms with Crippen LogP contribution in [-0.4, -0.2) is 28.5 Å². The highest BCUT2D eigenvalue weighted by Crippen LogP contribution is 2.35. The Bertz CT molecular complexity index is 850. The third kappa shape index (κ3) is 3.65. The summed E-state index contributed by atoms with van der Waals surface area (Å²) < 4.78 is 50.2. The number of hydrogen-bond acceptors (Lipinski definition) is 6. The zero-order chi connectivity index (χ0) is 17.2. The van der Waals surface area contributed by atoms with Crippen LogP contribution in [0.2, 0.25) is 0 Å². The molecule has 0 saturated heterocycles. The van der Waals surface area contributed by atoms with E-state index in [1.165, 1.54) is 31.7 Å². The van der Waals surface area contributed by atoms with E-state index in [4.69, 9.17) is 9.47 Å². The molecule has 10 heteroatoms. The van der Waals surface area contributed by atoms with Gasteiger partial charge in [0, 0.05) is 10.5 Å². The number of benzene rings is 1. The zero-order valence-electron chi connectivity index (χ0n) is 11.9. The Labute approximate surface area is 144 Å². The summed E-state index contributed by atoms with van der Waals surface area (Å²) in [5, 5.41) is 1.35. The van der Waals surface area contributed by atoms with Crippen LogP contribution in [0.25, 0.3) is 0 Å². The minimum absolute atomic E-state index is 0.169. The van der Waals surface area contributed by atoms with Gasteiger partial charge in [-0.25, -0.2) is 17.5 Å². The first kappa shape index (κ1) is 17.7. The first-order chi connectivity index (χ1) is 10.8. The van der Waals surface area contributed by atoms with Crippen molar-refractivity contribution in [1.82, 2.24) is 4.72 Å². The lowest BCUT2D eigenvalue weighted by molar-refractivity contribution is 0.0982. The van der Waals surface area contributed by atoms with Crippen molar-refractivity contribution in [2.75, 3.05) is 14.2 Å². The highest BCUT2D eigenvalue weighted by Gasteiger charge is 2.25. The van der Waals surface area contributed by atoms with E-state index in [0.717, 1.165) is 17.4 Å². The number of halogens is 2. The Morgan fingerprint density at radius 2 is 1.87 bits per heavy atom. The Morgan fingerprint density at radius 1 is 1.26 bits per heavy atom. The average Bonchev–Trinajstić information content (AvgIpc) is 2.92. The Kier molecular flexibility index (Phi) is 5.27. The van der Waals surface area contributed by atoms with Crippen LogP contribution in [0.15, 0.2) is 32.9 Å². The van der Waals surface area contributed by atoms with Gasteiger partial charge in [0.25, 0.3) is 15.9 Å². The molecule has 2 rings (SSSR count). The molecule has 0 spiro atoms. The molecule has 0 aliphatic carbocycles. The second-order valence-corrected chi connectivity index (χ2v) is 7.59. The molecular formula is C13H11BrFNO5S2. The lowest BCUT2D eigenvalue weighted by Crippen LogP contribution is -2.30. The number of carbonyl (C=O) groups is 1. The van der Waals surface area contributed by atoms with Crippen molar-refractivity contribution in [3.63, 3.8) is 0 Å². The Morgan fingerprint density at radius 3 is 2.39 bits per heavy atom. The van der Waals surface area contributed by atoms with Crippen molar-refractivity contribution < 1.29 is 27.1 Å². The average molecular weight is 424 g/mol. The molecular weight excluding hydrogens is 413 g/mol. The second-order valence-electron chi connectivity index (χ2n) is 4.17. The van der Waals surface area contributed by atoms with Gasteiger partial charge in [-0.05, 0) is 33.4 Å². The first-order valence-electron chi connectivity index (χ1n) is 6.01. The molecule has 6 nitrogen and oxygen atoms in total. The Hall–Kier alpha value is -1.65. The van der Waals surface area contributed by atoms with Crippen LogP contribution in [0, 0.1) is 5.82 Å². The number of sulfonamides is 1. The summed E-state index contributed by atoms with van der Waals surface area (Å²) in [7, 11) is -1.48. The molecule has 0 saturated carbocycles. The van der Waals surface area contributed by atoms with Gasteiger partial charge in [0.1, 0.15) is 15.6 Å². The van der Waals surface area contributed by atoms with Gasteiger partial charge in [-0.3, -0.25) is 4.79 Å². The summed E-state index contributed by atoms with van der Waals surface area (Å²) in [5.74, 6) is -1.34. The summed E-state index contributed by atoms with van der Waals surface area (Å²) >= 11 is 3.91. The maximum atomic E-state index is 13.4. The number of rotatable bonds is 5. The van der Waals surface area contributed by atoms with Crippen LogP contribution < -0.4 is 14.2 Å². The fraction of sp³-hybridized carbons (Fsp3) is 0.154. The monoisotopic (exact) mass is 423 g/mol. The summed E-state index contributed by atoms with van der Waals surface area (Å²) in [6.07, 6.45) is 0. The third-order valence-corrected chi connectivity index (χ3v) is 5.96. The summed E-state index contributed by atoms with van der Waals surface area (Å²) in [6, 6.07) is 3.67. The predicted octanol–water partition coefficient (Wildman–Crippen LogP) is 2.79. The fourth-order valence-electron chi connectivity index (χ4n) is 1.72. The number of methoxy groups -OCH3 is 2. The lowest BCUT2D eigenvalue weighted by atomic mass is 10.3. The van der Waals surface area contributed by atoms with Crippen LogP contribution in [0.4, 0.5) is 4.39 Å². The molecule has 1 amide bonds. The molecule has 0 radical (unpaired) electrons. The highest BCUT2D eigenvalue weighted by molar-refractivity contribution is 9.10. The van der Waals surface area contributed by atoms with Gasteiger partial charge >= 0.3 is 0 Å². The van der Waals surface area contributed by atoms with Crippen LogP contribution in [0.1, 0.15) is 9.67 Å².